The molecule has 0 aliphatic carbocycles. The Labute approximate surface area is 159 Å². The van der Waals surface area contributed by atoms with Gasteiger partial charge in [-0.3, -0.25) is 14.6 Å². The van der Waals surface area contributed by atoms with Crippen LogP contribution >= 0.6 is 11.6 Å². The molecule has 3 rings (SSSR count). The molecule has 140 valence electrons. The largest absolute Gasteiger partial charge is 0.323 e. The minimum absolute atomic E-state index is 0.0543. The Hall–Kier alpha value is -2.80. The summed E-state index contributed by atoms with van der Waals surface area (Å²) in [7, 11) is 0. The highest BCUT2D eigenvalue weighted by Crippen LogP contribution is 2.27. The van der Waals surface area contributed by atoms with E-state index in [1.165, 1.54) is 41.3 Å². The number of nitrogens with one attached hydrogen (secondary N) is 1. The fourth-order valence-electron chi connectivity index (χ4n) is 2.74. The molecule has 0 unspecified atom stereocenters. The summed E-state index contributed by atoms with van der Waals surface area (Å²) in [6.07, 6.45) is 0. The number of nitrogens with zero attached hydrogens (tertiary/aromatic N) is 2. The number of hydrogen-bond acceptors (Lipinski definition) is 3. The molecule has 0 saturated heterocycles. The van der Waals surface area contributed by atoms with Crippen molar-refractivity contribution in [3.05, 3.63) is 64.7 Å². The van der Waals surface area contributed by atoms with E-state index in [2.05, 4.69) is 10.3 Å². The average Bonchev–Trinajstić information content (AvgIpc) is 2.82. The molecular formula is C19H16ClF2N3O2. The van der Waals surface area contributed by atoms with Gasteiger partial charge >= 0.3 is 0 Å². The number of hydrogen-bond donors (Lipinski definition) is 1. The summed E-state index contributed by atoms with van der Waals surface area (Å²) in [5, 5.41) is 2.61. The van der Waals surface area contributed by atoms with Crippen molar-refractivity contribution in [3.8, 4) is 0 Å². The van der Waals surface area contributed by atoms with Gasteiger partial charge in [0.05, 0.1) is 10.7 Å². The highest BCUT2D eigenvalue weighted by Gasteiger charge is 2.41. The standard InChI is InChI=1S/C19H16ClF2N3O2/c1-19(2)24-17(11-3-5-12(21)6-4-11)18(27)25(19)10-16(26)23-15-8-7-13(22)9-14(15)20/h3-9H,10H2,1-2H3,(H,23,26). The van der Waals surface area contributed by atoms with Gasteiger partial charge in [-0.15, -0.1) is 0 Å². The number of rotatable bonds is 4. The summed E-state index contributed by atoms with van der Waals surface area (Å²) in [6, 6.07) is 9.00. The van der Waals surface area contributed by atoms with Gasteiger partial charge in [-0.1, -0.05) is 11.6 Å². The summed E-state index contributed by atoms with van der Waals surface area (Å²) in [5.41, 5.74) is -0.0798. The van der Waals surface area contributed by atoms with E-state index in [0.29, 0.717) is 5.56 Å². The quantitative estimate of drug-likeness (QED) is 0.865. The van der Waals surface area contributed by atoms with Crippen LogP contribution in [0, 0.1) is 11.6 Å². The van der Waals surface area contributed by atoms with E-state index in [1.54, 1.807) is 13.8 Å². The van der Waals surface area contributed by atoms with Crippen LogP contribution in [0.15, 0.2) is 47.5 Å². The lowest BCUT2D eigenvalue weighted by Crippen LogP contribution is -2.46. The molecule has 8 heteroatoms. The maximum Gasteiger partial charge on any atom is 0.275 e. The zero-order valence-corrected chi connectivity index (χ0v) is 15.3. The summed E-state index contributed by atoms with van der Waals surface area (Å²) >= 11 is 5.90. The van der Waals surface area contributed by atoms with Crippen molar-refractivity contribution >= 4 is 34.8 Å². The first-order valence-corrected chi connectivity index (χ1v) is 8.48. The summed E-state index contributed by atoms with van der Waals surface area (Å²) < 4.78 is 26.2. The maximum atomic E-state index is 13.1. The predicted octanol–water partition coefficient (Wildman–Crippen LogP) is 3.62. The molecule has 1 N–H and O–H groups in total. The molecule has 0 atom stereocenters. The Balaban J connectivity index is 1.76. The molecule has 2 aromatic carbocycles. The van der Waals surface area contributed by atoms with Gasteiger partial charge in [-0.05, 0) is 56.3 Å². The van der Waals surface area contributed by atoms with Crippen LogP contribution in [0.2, 0.25) is 5.02 Å². The summed E-state index contributed by atoms with van der Waals surface area (Å²) in [5.74, 6) is -1.88. The van der Waals surface area contributed by atoms with Gasteiger partial charge in [0.15, 0.2) is 0 Å². The van der Waals surface area contributed by atoms with Crippen molar-refractivity contribution in [2.75, 3.05) is 11.9 Å². The Kier molecular flexibility index (Phi) is 4.97. The van der Waals surface area contributed by atoms with Gasteiger partial charge in [-0.25, -0.2) is 8.78 Å². The Morgan fingerprint density at radius 2 is 1.78 bits per heavy atom. The van der Waals surface area contributed by atoms with E-state index >= 15 is 0 Å². The molecule has 1 aliphatic rings. The zero-order chi connectivity index (χ0) is 19.8. The van der Waals surface area contributed by atoms with E-state index in [4.69, 9.17) is 11.6 Å². The second kappa shape index (κ2) is 7.08. The summed E-state index contributed by atoms with van der Waals surface area (Å²) in [6.45, 7) is 3.12. The van der Waals surface area contributed by atoms with Crippen LogP contribution in [-0.2, 0) is 9.59 Å². The third-order valence-corrected chi connectivity index (χ3v) is 4.43. The maximum absolute atomic E-state index is 13.1. The average molecular weight is 392 g/mol. The normalized spacial score (nSPS) is 15.7. The van der Waals surface area contributed by atoms with Crippen molar-refractivity contribution in [2.24, 2.45) is 4.99 Å². The number of aliphatic imine (C=N–C) groups is 1. The lowest BCUT2D eigenvalue weighted by Gasteiger charge is -2.28. The van der Waals surface area contributed by atoms with Crippen LogP contribution in [0.1, 0.15) is 19.4 Å². The number of carbonyl (C=O) groups is 2. The van der Waals surface area contributed by atoms with E-state index < -0.39 is 29.1 Å². The smallest absolute Gasteiger partial charge is 0.275 e. The zero-order valence-electron chi connectivity index (χ0n) is 14.6. The SMILES string of the molecule is CC1(C)N=C(c2ccc(F)cc2)C(=O)N1CC(=O)Nc1ccc(F)cc1Cl. The predicted molar refractivity (Wildman–Crippen MR) is 98.8 cm³/mol. The second-order valence-corrected chi connectivity index (χ2v) is 6.93. The van der Waals surface area contributed by atoms with Gasteiger partial charge in [-0.2, -0.15) is 0 Å². The van der Waals surface area contributed by atoms with Crippen molar-refractivity contribution in [1.29, 1.82) is 0 Å². The molecule has 27 heavy (non-hydrogen) atoms. The minimum atomic E-state index is -0.954. The number of carbonyl (C=O) groups excluding carboxylic acids is 2. The molecule has 5 nitrogen and oxygen atoms in total. The number of amides is 2. The van der Waals surface area contributed by atoms with Gasteiger partial charge < -0.3 is 10.2 Å². The van der Waals surface area contributed by atoms with Crippen LogP contribution in [0.25, 0.3) is 0 Å². The van der Waals surface area contributed by atoms with Crippen molar-refractivity contribution in [2.45, 2.75) is 19.5 Å². The van der Waals surface area contributed by atoms with E-state index in [1.807, 2.05) is 0 Å². The monoisotopic (exact) mass is 391 g/mol. The minimum Gasteiger partial charge on any atom is -0.323 e. The lowest BCUT2D eigenvalue weighted by molar-refractivity contribution is -0.131. The van der Waals surface area contributed by atoms with E-state index in [0.717, 1.165) is 6.07 Å². The third kappa shape index (κ3) is 3.98. The fraction of sp³-hybridized carbons (Fsp3) is 0.211. The summed E-state index contributed by atoms with van der Waals surface area (Å²) in [4.78, 5) is 30.8. The van der Waals surface area contributed by atoms with Crippen LogP contribution in [0.4, 0.5) is 14.5 Å². The first-order valence-electron chi connectivity index (χ1n) is 8.10. The van der Waals surface area contributed by atoms with Crippen LogP contribution < -0.4 is 5.32 Å². The molecule has 1 heterocycles. The molecule has 0 bridgehead atoms. The molecule has 0 radical (unpaired) electrons. The number of benzene rings is 2. The lowest BCUT2D eigenvalue weighted by atomic mass is 10.1. The topological polar surface area (TPSA) is 61.8 Å². The Morgan fingerprint density at radius 1 is 1.15 bits per heavy atom. The van der Waals surface area contributed by atoms with E-state index in [9.17, 15) is 18.4 Å². The molecule has 2 amide bonds. The Morgan fingerprint density at radius 3 is 2.41 bits per heavy atom. The van der Waals surface area contributed by atoms with Crippen LogP contribution in [0.3, 0.4) is 0 Å². The highest BCUT2D eigenvalue weighted by molar-refractivity contribution is 6.47. The van der Waals surface area contributed by atoms with Crippen LogP contribution in [-0.4, -0.2) is 34.6 Å². The fourth-order valence-corrected chi connectivity index (χ4v) is 2.96. The molecule has 0 fully saturated rings. The van der Waals surface area contributed by atoms with Crippen LogP contribution in [0.5, 0.6) is 0 Å². The second-order valence-electron chi connectivity index (χ2n) is 6.53. The van der Waals surface area contributed by atoms with Gasteiger partial charge in [0, 0.05) is 5.56 Å². The van der Waals surface area contributed by atoms with Crippen molar-refractivity contribution in [1.82, 2.24) is 4.90 Å². The first kappa shape index (κ1) is 19.0. The Bertz CT molecular complexity index is 942. The molecule has 0 saturated carbocycles. The number of anilines is 1. The number of halogens is 3. The van der Waals surface area contributed by atoms with Gasteiger partial charge in [0.2, 0.25) is 5.91 Å². The van der Waals surface area contributed by atoms with Gasteiger partial charge in [0.25, 0.3) is 5.91 Å². The molecule has 0 spiro atoms. The third-order valence-electron chi connectivity index (χ3n) is 4.12. The van der Waals surface area contributed by atoms with Gasteiger partial charge in [0.1, 0.15) is 29.6 Å². The molecule has 0 aromatic heterocycles. The molecule has 1 aliphatic heterocycles. The molecular weight excluding hydrogens is 376 g/mol. The molecule has 2 aromatic rings. The van der Waals surface area contributed by atoms with Crippen molar-refractivity contribution < 1.29 is 18.4 Å². The first-order chi connectivity index (χ1) is 12.7. The highest BCUT2D eigenvalue weighted by atomic mass is 35.5. The van der Waals surface area contributed by atoms with Crippen molar-refractivity contribution in [3.63, 3.8) is 0 Å². The van der Waals surface area contributed by atoms with E-state index in [-0.39, 0.29) is 23.0 Å².